The Labute approximate surface area is 144 Å². The number of rotatable bonds is 8. The third kappa shape index (κ3) is 6.71. The van der Waals surface area contributed by atoms with E-state index in [1.54, 1.807) is 12.1 Å². The number of carbonyl (C=O) groups excluding carboxylic acids is 2. The standard InChI is InChI=1S/C19H28N2O3/c1-15-7-5-8-16(13-15)19(23)21-14-18(22)20-11-6-12-24-17-9-3-2-4-10-17/h5,7-8,13,17H,2-4,6,9-12,14H2,1H3,(H,20,22)(H,21,23). The molecule has 2 rings (SSSR count). The molecule has 0 aromatic heterocycles. The quantitative estimate of drug-likeness (QED) is 0.719. The third-order valence-electron chi connectivity index (χ3n) is 4.24. The molecule has 0 heterocycles. The van der Waals surface area contributed by atoms with Crippen LogP contribution in [-0.2, 0) is 9.53 Å². The topological polar surface area (TPSA) is 67.4 Å². The van der Waals surface area contributed by atoms with E-state index in [0.717, 1.165) is 24.8 Å². The van der Waals surface area contributed by atoms with Gasteiger partial charge in [-0.25, -0.2) is 0 Å². The van der Waals surface area contributed by atoms with E-state index in [-0.39, 0.29) is 18.4 Å². The van der Waals surface area contributed by atoms with Crippen molar-refractivity contribution in [3.8, 4) is 0 Å². The van der Waals surface area contributed by atoms with Crippen LogP contribution in [0.1, 0.15) is 54.4 Å². The highest BCUT2D eigenvalue weighted by Gasteiger charge is 2.13. The normalized spacial score (nSPS) is 15.0. The van der Waals surface area contributed by atoms with Crippen molar-refractivity contribution in [2.24, 2.45) is 0 Å². The fourth-order valence-corrected chi connectivity index (χ4v) is 2.89. The molecule has 0 saturated heterocycles. The van der Waals surface area contributed by atoms with Gasteiger partial charge < -0.3 is 15.4 Å². The summed E-state index contributed by atoms with van der Waals surface area (Å²) in [6.45, 7) is 3.18. The number of carbonyl (C=O) groups is 2. The molecule has 5 nitrogen and oxygen atoms in total. The Morgan fingerprint density at radius 3 is 2.71 bits per heavy atom. The Balaban J connectivity index is 1.54. The van der Waals surface area contributed by atoms with E-state index in [1.807, 2.05) is 19.1 Å². The smallest absolute Gasteiger partial charge is 0.251 e. The zero-order chi connectivity index (χ0) is 17.2. The zero-order valence-corrected chi connectivity index (χ0v) is 14.5. The second kappa shape index (κ2) is 10.1. The molecule has 1 fully saturated rings. The lowest BCUT2D eigenvalue weighted by atomic mass is 9.98. The van der Waals surface area contributed by atoms with Crippen LogP contribution in [0.25, 0.3) is 0 Å². The van der Waals surface area contributed by atoms with Crippen LogP contribution in [0.5, 0.6) is 0 Å². The third-order valence-corrected chi connectivity index (χ3v) is 4.24. The SMILES string of the molecule is Cc1cccc(C(=O)NCC(=O)NCCCOC2CCCCC2)c1. The molecule has 1 aromatic rings. The molecule has 1 saturated carbocycles. The van der Waals surface area contributed by atoms with Gasteiger partial charge in [0.1, 0.15) is 0 Å². The zero-order valence-electron chi connectivity index (χ0n) is 14.5. The van der Waals surface area contributed by atoms with Gasteiger partial charge >= 0.3 is 0 Å². The second-order valence-electron chi connectivity index (χ2n) is 6.39. The van der Waals surface area contributed by atoms with Crippen LogP contribution >= 0.6 is 0 Å². The molecule has 0 atom stereocenters. The van der Waals surface area contributed by atoms with Crippen molar-refractivity contribution in [3.05, 3.63) is 35.4 Å². The maximum Gasteiger partial charge on any atom is 0.251 e. The molecule has 1 aromatic carbocycles. The average molecular weight is 332 g/mol. The van der Waals surface area contributed by atoms with Gasteiger partial charge in [-0.2, -0.15) is 0 Å². The number of benzene rings is 1. The van der Waals surface area contributed by atoms with Crippen molar-refractivity contribution >= 4 is 11.8 Å². The number of nitrogens with one attached hydrogen (secondary N) is 2. The lowest BCUT2D eigenvalue weighted by Gasteiger charge is -2.21. The van der Waals surface area contributed by atoms with Gasteiger partial charge in [-0.1, -0.05) is 37.0 Å². The Kier molecular flexibility index (Phi) is 7.75. The van der Waals surface area contributed by atoms with Crippen LogP contribution in [0.2, 0.25) is 0 Å². The number of hydrogen-bond acceptors (Lipinski definition) is 3. The van der Waals surface area contributed by atoms with Gasteiger partial charge in [0.15, 0.2) is 0 Å². The molecule has 24 heavy (non-hydrogen) atoms. The Morgan fingerprint density at radius 2 is 1.96 bits per heavy atom. The van der Waals surface area contributed by atoms with Gasteiger partial charge in [0.25, 0.3) is 5.91 Å². The van der Waals surface area contributed by atoms with Gasteiger partial charge in [-0.3, -0.25) is 9.59 Å². The first-order chi connectivity index (χ1) is 11.6. The van der Waals surface area contributed by atoms with E-state index < -0.39 is 0 Å². The van der Waals surface area contributed by atoms with Crippen LogP contribution in [0, 0.1) is 6.92 Å². The predicted octanol–water partition coefficient (Wildman–Crippen LogP) is 2.58. The first kappa shape index (κ1) is 18.5. The Morgan fingerprint density at radius 1 is 1.17 bits per heavy atom. The highest BCUT2D eigenvalue weighted by Crippen LogP contribution is 2.20. The molecule has 2 N–H and O–H groups in total. The molecule has 0 spiro atoms. The van der Waals surface area contributed by atoms with Crippen LogP contribution in [0.3, 0.4) is 0 Å². The minimum Gasteiger partial charge on any atom is -0.378 e. The fourth-order valence-electron chi connectivity index (χ4n) is 2.89. The fraction of sp³-hybridized carbons (Fsp3) is 0.579. The summed E-state index contributed by atoms with van der Waals surface area (Å²) in [5, 5.41) is 5.44. The van der Waals surface area contributed by atoms with Crippen molar-refractivity contribution in [2.45, 2.75) is 51.6 Å². The second-order valence-corrected chi connectivity index (χ2v) is 6.39. The number of hydrogen-bond donors (Lipinski definition) is 2. The Bertz CT molecular complexity index is 539. The number of aryl methyl sites for hydroxylation is 1. The molecule has 0 unspecified atom stereocenters. The summed E-state index contributed by atoms with van der Waals surface area (Å²) in [4.78, 5) is 23.7. The van der Waals surface area contributed by atoms with Crippen molar-refractivity contribution in [2.75, 3.05) is 19.7 Å². The van der Waals surface area contributed by atoms with E-state index in [0.29, 0.717) is 24.8 Å². The first-order valence-corrected chi connectivity index (χ1v) is 8.88. The monoisotopic (exact) mass is 332 g/mol. The van der Waals surface area contributed by atoms with Gasteiger partial charge in [0, 0.05) is 18.7 Å². The van der Waals surface area contributed by atoms with Crippen LogP contribution in [0.15, 0.2) is 24.3 Å². The van der Waals surface area contributed by atoms with E-state index in [2.05, 4.69) is 10.6 Å². The van der Waals surface area contributed by atoms with Crippen molar-refractivity contribution < 1.29 is 14.3 Å². The number of amides is 2. The maximum absolute atomic E-state index is 11.9. The summed E-state index contributed by atoms with van der Waals surface area (Å²) in [6.07, 6.45) is 7.39. The van der Waals surface area contributed by atoms with Crippen LogP contribution < -0.4 is 10.6 Å². The van der Waals surface area contributed by atoms with Crippen molar-refractivity contribution in [3.63, 3.8) is 0 Å². The molecule has 0 radical (unpaired) electrons. The highest BCUT2D eigenvalue weighted by molar-refractivity contribution is 5.96. The predicted molar refractivity (Wildman–Crippen MR) is 94.0 cm³/mol. The molecule has 2 amide bonds. The molecule has 0 aliphatic heterocycles. The molecular weight excluding hydrogens is 304 g/mol. The van der Waals surface area contributed by atoms with E-state index in [4.69, 9.17) is 4.74 Å². The lowest BCUT2D eigenvalue weighted by Crippen LogP contribution is -2.37. The summed E-state index contributed by atoms with van der Waals surface area (Å²) < 4.78 is 5.81. The largest absolute Gasteiger partial charge is 0.378 e. The van der Waals surface area contributed by atoms with Gasteiger partial charge in [0.05, 0.1) is 12.6 Å². The van der Waals surface area contributed by atoms with Gasteiger partial charge in [-0.05, 0) is 38.3 Å². The van der Waals surface area contributed by atoms with Crippen molar-refractivity contribution in [1.29, 1.82) is 0 Å². The summed E-state index contributed by atoms with van der Waals surface area (Å²) in [5.74, 6) is -0.400. The molecule has 1 aliphatic rings. The van der Waals surface area contributed by atoms with Crippen LogP contribution in [0.4, 0.5) is 0 Å². The summed E-state index contributed by atoms with van der Waals surface area (Å²) >= 11 is 0. The highest BCUT2D eigenvalue weighted by atomic mass is 16.5. The molecule has 5 heteroatoms. The first-order valence-electron chi connectivity index (χ1n) is 8.88. The van der Waals surface area contributed by atoms with E-state index in [9.17, 15) is 9.59 Å². The minimum atomic E-state index is -0.227. The Hall–Kier alpha value is -1.88. The summed E-state index contributed by atoms with van der Waals surface area (Å²) in [7, 11) is 0. The van der Waals surface area contributed by atoms with Gasteiger partial charge in [-0.15, -0.1) is 0 Å². The summed E-state index contributed by atoms with van der Waals surface area (Å²) in [6, 6.07) is 7.30. The molecule has 0 bridgehead atoms. The molecular formula is C19H28N2O3. The van der Waals surface area contributed by atoms with E-state index >= 15 is 0 Å². The van der Waals surface area contributed by atoms with Crippen LogP contribution in [-0.4, -0.2) is 37.6 Å². The maximum atomic E-state index is 11.9. The number of ether oxygens (including phenoxy) is 1. The summed E-state index contributed by atoms with van der Waals surface area (Å²) in [5.41, 5.74) is 1.59. The average Bonchev–Trinajstić information content (AvgIpc) is 2.60. The molecule has 132 valence electrons. The lowest BCUT2D eigenvalue weighted by molar-refractivity contribution is -0.120. The van der Waals surface area contributed by atoms with E-state index in [1.165, 1.54) is 19.3 Å². The van der Waals surface area contributed by atoms with Gasteiger partial charge in [0.2, 0.25) is 5.91 Å². The van der Waals surface area contributed by atoms with Crippen molar-refractivity contribution in [1.82, 2.24) is 10.6 Å². The minimum absolute atomic E-state index is 0.00371. The molecule has 1 aliphatic carbocycles.